The molecule has 0 aromatic heterocycles. The van der Waals surface area contributed by atoms with Crippen LogP contribution >= 0.6 is 0 Å². The van der Waals surface area contributed by atoms with Gasteiger partial charge in [0.25, 0.3) is 0 Å². The minimum atomic E-state index is -0.537. The van der Waals surface area contributed by atoms with Crippen molar-refractivity contribution in [3.05, 3.63) is 29.8 Å². The van der Waals surface area contributed by atoms with Gasteiger partial charge >= 0.3 is 6.09 Å². The first-order valence-corrected chi connectivity index (χ1v) is 6.27. The van der Waals surface area contributed by atoms with Crippen molar-refractivity contribution in [3.8, 4) is 0 Å². The Balaban J connectivity index is 2.18. The van der Waals surface area contributed by atoms with E-state index in [-0.39, 0.29) is 11.9 Å². The van der Waals surface area contributed by atoms with Crippen LogP contribution in [0.3, 0.4) is 0 Å². The van der Waals surface area contributed by atoms with Crippen molar-refractivity contribution in [1.82, 2.24) is 0 Å². The SMILES string of the molecule is CC(=O)c1ccc(N2CC(C)(CCN)OC2=O)cc1. The highest BCUT2D eigenvalue weighted by atomic mass is 16.6. The third-order valence-electron chi connectivity index (χ3n) is 3.31. The Labute approximate surface area is 112 Å². The Morgan fingerprint density at radius 3 is 2.58 bits per heavy atom. The minimum absolute atomic E-state index is 0.00326. The summed E-state index contributed by atoms with van der Waals surface area (Å²) < 4.78 is 5.37. The van der Waals surface area contributed by atoms with Gasteiger partial charge in [-0.25, -0.2) is 4.79 Å². The number of hydrogen-bond donors (Lipinski definition) is 1. The van der Waals surface area contributed by atoms with Crippen molar-refractivity contribution in [2.75, 3.05) is 18.0 Å². The van der Waals surface area contributed by atoms with Gasteiger partial charge in [0, 0.05) is 17.7 Å². The molecule has 1 saturated heterocycles. The Bertz CT molecular complexity index is 498. The predicted octanol–water partition coefficient (Wildman–Crippen LogP) is 1.95. The van der Waals surface area contributed by atoms with Crippen molar-refractivity contribution in [3.63, 3.8) is 0 Å². The largest absolute Gasteiger partial charge is 0.441 e. The number of hydrogen-bond acceptors (Lipinski definition) is 4. The molecule has 0 radical (unpaired) electrons. The van der Waals surface area contributed by atoms with E-state index in [1.807, 2.05) is 6.92 Å². The molecule has 1 aliphatic heterocycles. The summed E-state index contributed by atoms with van der Waals surface area (Å²) in [5.41, 5.74) is 6.35. The van der Waals surface area contributed by atoms with Gasteiger partial charge in [0.2, 0.25) is 0 Å². The maximum Gasteiger partial charge on any atom is 0.415 e. The first kappa shape index (κ1) is 13.5. The lowest BCUT2D eigenvalue weighted by Crippen LogP contribution is -2.33. The molecule has 0 spiro atoms. The van der Waals surface area contributed by atoms with Gasteiger partial charge in [0.05, 0.1) is 6.54 Å². The van der Waals surface area contributed by atoms with Gasteiger partial charge in [-0.3, -0.25) is 9.69 Å². The lowest BCUT2D eigenvalue weighted by Gasteiger charge is -2.20. The Morgan fingerprint density at radius 2 is 2.05 bits per heavy atom. The van der Waals surface area contributed by atoms with Crippen LogP contribution in [0.5, 0.6) is 0 Å². The van der Waals surface area contributed by atoms with Crippen LogP contribution in [0.2, 0.25) is 0 Å². The number of carbonyl (C=O) groups is 2. The maximum absolute atomic E-state index is 11.9. The quantitative estimate of drug-likeness (QED) is 0.842. The number of ether oxygens (including phenoxy) is 1. The highest BCUT2D eigenvalue weighted by molar-refractivity contribution is 5.95. The van der Waals surface area contributed by atoms with Crippen LogP contribution in [0.4, 0.5) is 10.5 Å². The first-order valence-electron chi connectivity index (χ1n) is 6.27. The van der Waals surface area contributed by atoms with E-state index in [0.717, 1.165) is 5.69 Å². The number of rotatable bonds is 4. The van der Waals surface area contributed by atoms with Gasteiger partial charge in [0.15, 0.2) is 5.78 Å². The number of ketones is 1. The Kier molecular flexibility index (Phi) is 3.57. The summed E-state index contributed by atoms with van der Waals surface area (Å²) in [5.74, 6) is 0.00326. The number of nitrogens with two attached hydrogens (primary N) is 1. The fourth-order valence-corrected chi connectivity index (χ4v) is 2.21. The molecule has 5 nitrogen and oxygen atoms in total. The summed E-state index contributed by atoms with van der Waals surface area (Å²) in [5, 5.41) is 0. The van der Waals surface area contributed by atoms with Crippen LogP contribution in [0.1, 0.15) is 30.6 Å². The summed E-state index contributed by atoms with van der Waals surface area (Å²) in [6, 6.07) is 6.94. The van der Waals surface area contributed by atoms with Crippen LogP contribution < -0.4 is 10.6 Å². The standard InChI is InChI=1S/C14H18N2O3/c1-10(17)11-3-5-12(6-4-11)16-9-14(2,7-8-15)19-13(16)18/h3-6H,7-9,15H2,1-2H3. The van der Waals surface area contributed by atoms with E-state index in [4.69, 9.17) is 10.5 Å². The van der Waals surface area contributed by atoms with Crippen LogP contribution in [-0.4, -0.2) is 30.6 Å². The lowest BCUT2D eigenvalue weighted by atomic mass is 10.0. The van der Waals surface area contributed by atoms with Crippen LogP contribution in [0, 0.1) is 0 Å². The van der Waals surface area contributed by atoms with Crippen LogP contribution in [-0.2, 0) is 4.74 Å². The number of anilines is 1. The molecular formula is C14H18N2O3. The molecule has 2 N–H and O–H groups in total. The third-order valence-corrected chi connectivity index (χ3v) is 3.31. The van der Waals surface area contributed by atoms with Crippen LogP contribution in [0.25, 0.3) is 0 Å². The Morgan fingerprint density at radius 1 is 1.42 bits per heavy atom. The number of cyclic esters (lactones) is 1. The molecule has 1 amide bonds. The molecule has 19 heavy (non-hydrogen) atoms. The second-order valence-electron chi connectivity index (χ2n) is 5.05. The molecule has 0 saturated carbocycles. The van der Waals surface area contributed by atoms with Gasteiger partial charge in [-0.05, 0) is 44.7 Å². The molecule has 0 aliphatic carbocycles. The molecule has 1 atom stereocenters. The average Bonchev–Trinajstić information content (AvgIpc) is 2.65. The molecule has 5 heteroatoms. The zero-order chi connectivity index (χ0) is 14.0. The second kappa shape index (κ2) is 5.01. The topological polar surface area (TPSA) is 72.6 Å². The average molecular weight is 262 g/mol. The third kappa shape index (κ3) is 2.76. The van der Waals surface area contributed by atoms with E-state index in [2.05, 4.69) is 0 Å². The van der Waals surface area contributed by atoms with Crippen molar-refractivity contribution >= 4 is 17.6 Å². The highest BCUT2D eigenvalue weighted by Crippen LogP contribution is 2.29. The molecule has 1 unspecified atom stereocenters. The van der Waals surface area contributed by atoms with Crippen molar-refractivity contribution in [2.45, 2.75) is 25.9 Å². The molecule has 2 rings (SSSR count). The van der Waals surface area contributed by atoms with Crippen molar-refractivity contribution < 1.29 is 14.3 Å². The monoisotopic (exact) mass is 262 g/mol. The molecule has 1 aliphatic rings. The first-order chi connectivity index (χ1) is 8.95. The van der Waals surface area contributed by atoms with E-state index >= 15 is 0 Å². The van der Waals surface area contributed by atoms with Gasteiger partial charge in [-0.15, -0.1) is 0 Å². The van der Waals surface area contributed by atoms with Crippen molar-refractivity contribution in [2.24, 2.45) is 5.73 Å². The van der Waals surface area contributed by atoms with Crippen molar-refractivity contribution in [1.29, 1.82) is 0 Å². The fraction of sp³-hybridized carbons (Fsp3) is 0.429. The molecule has 1 fully saturated rings. The lowest BCUT2D eigenvalue weighted by molar-refractivity contribution is 0.0672. The normalized spacial score (nSPS) is 22.5. The second-order valence-corrected chi connectivity index (χ2v) is 5.05. The molecule has 1 aromatic carbocycles. The van der Waals surface area contributed by atoms with E-state index in [1.165, 1.54) is 6.92 Å². The maximum atomic E-state index is 11.9. The van der Waals surface area contributed by atoms with Gasteiger partial charge in [-0.1, -0.05) is 0 Å². The van der Waals surface area contributed by atoms with Gasteiger partial charge in [-0.2, -0.15) is 0 Å². The number of amides is 1. The molecule has 0 bridgehead atoms. The summed E-state index contributed by atoms with van der Waals surface area (Å²) in [6.07, 6.45) is 0.257. The van der Waals surface area contributed by atoms with Gasteiger partial charge in [0.1, 0.15) is 5.60 Å². The molecular weight excluding hydrogens is 244 g/mol. The summed E-state index contributed by atoms with van der Waals surface area (Å²) in [6.45, 7) is 4.34. The van der Waals surface area contributed by atoms with E-state index in [9.17, 15) is 9.59 Å². The summed E-state index contributed by atoms with van der Waals surface area (Å²) in [7, 11) is 0. The summed E-state index contributed by atoms with van der Waals surface area (Å²) in [4.78, 5) is 24.7. The van der Waals surface area contributed by atoms with E-state index in [0.29, 0.717) is 25.1 Å². The number of benzene rings is 1. The summed E-state index contributed by atoms with van der Waals surface area (Å²) >= 11 is 0. The molecule has 1 heterocycles. The smallest absolute Gasteiger partial charge is 0.415 e. The minimum Gasteiger partial charge on any atom is -0.441 e. The number of carbonyl (C=O) groups excluding carboxylic acids is 2. The fourth-order valence-electron chi connectivity index (χ4n) is 2.21. The molecule has 1 aromatic rings. The van der Waals surface area contributed by atoms with E-state index in [1.54, 1.807) is 29.2 Å². The van der Waals surface area contributed by atoms with Crippen LogP contribution in [0.15, 0.2) is 24.3 Å². The predicted molar refractivity (Wildman–Crippen MR) is 72.3 cm³/mol. The molecule has 102 valence electrons. The highest BCUT2D eigenvalue weighted by Gasteiger charge is 2.41. The zero-order valence-corrected chi connectivity index (χ0v) is 11.2. The van der Waals surface area contributed by atoms with E-state index < -0.39 is 5.60 Å². The Hall–Kier alpha value is -1.88. The number of nitrogens with zero attached hydrogens (tertiary/aromatic N) is 1. The van der Waals surface area contributed by atoms with Gasteiger partial charge < -0.3 is 10.5 Å². The zero-order valence-electron chi connectivity index (χ0n) is 11.2. The number of Topliss-reactive ketones (excluding diaryl/α,β-unsaturated/α-hetero) is 1.